The molecule has 2 aromatic carbocycles. The number of aliphatic hydroxyl groups is 1. The Balaban J connectivity index is 1.63. The molecular weight excluding hydrogens is 258 g/mol. The Bertz CT molecular complexity index is 560. The summed E-state index contributed by atoms with van der Waals surface area (Å²) in [5.41, 5.74) is 3.40. The van der Waals surface area contributed by atoms with Crippen LogP contribution in [0.2, 0.25) is 0 Å². The quantitative estimate of drug-likeness (QED) is 0.872. The number of nitrogens with zero attached hydrogens (tertiary/aromatic N) is 1. The van der Waals surface area contributed by atoms with Crippen LogP contribution in [0.25, 0.3) is 11.1 Å². The third-order valence-electron chi connectivity index (χ3n) is 4.15. The van der Waals surface area contributed by atoms with Crippen LogP contribution >= 0.6 is 0 Å². The number of likely N-dealkylation sites (N-methyl/N-ethyl adjacent to an activating group) is 1. The van der Waals surface area contributed by atoms with Crippen LogP contribution in [0.3, 0.4) is 0 Å². The molecule has 2 nitrogen and oxygen atoms in total. The Kier molecular flexibility index (Phi) is 4.37. The van der Waals surface area contributed by atoms with Gasteiger partial charge in [0.15, 0.2) is 0 Å². The highest BCUT2D eigenvalue weighted by Crippen LogP contribution is 2.30. The minimum absolute atomic E-state index is 0.404. The largest absolute Gasteiger partial charge is 0.387 e. The summed E-state index contributed by atoms with van der Waals surface area (Å²) in [6.07, 6.45) is 2.30. The first-order valence-electron chi connectivity index (χ1n) is 7.74. The van der Waals surface area contributed by atoms with Gasteiger partial charge in [-0.25, -0.2) is 0 Å². The van der Waals surface area contributed by atoms with Crippen molar-refractivity contribution in [3.8, 4) is 11.1 Å². The molecule has 1 fully saturated rings. The van der Waals surface area contributed by atoms with Crippen LogP contribution in [0, 0.1) is 5.92 Å². The molecule has 110 valence electrons. The lowest BCUT2D eigenvalue weighted by Gasteiger charge is -2.20. The van der Waals surface area contributed by atoms with Gasteiger partial charge < -0.3 is 10.0 Å². The predicted octanol–water partition coefficient (Wildman–Crippen LogP) is 3.73. The average Bonchev–Trinajstić information content (AvgIpc) is 3.32. The molecule has 0 spiro atoms. The van der Waals surface area contributed by atoms with Crippen molar-refractivity contribution in [2.45, 2.75) is 18.9 Å². The summed E-state index contributed by atoms with van der Waals surface area (Å²) in [6, 6.07) is 18.6. The van der Waals surface area contributed by atoms with E-state index in [0.717, 1.165) is 18.0 Å². The lowest BCUT2D eigenvalue weighted by molar-refractivity contribution is 0.124. The van der Waals surface area contributed by atoms with Crippen LogP contribution in [-0.2, 0) is 0 Å². The second kappa shape index (κ2) is 6.42. The molecule has 1 saturated carbocycles. The van der Waals surface area contributed by atoms with Gasteiger partial charge in [-0.3, -0.25) is 0 Å². The van der Waals surface area contributed by atoms with Gasteiger partial charge in [-0.15, -0.1) is 0 Å². The fourth-order valence-electron chi connectivity index (χ4n) is 2.74. The Morgan fingerprint density at radius 2 is 1.62 bits per heavy atom. The van der Waals surface area contributed by atoms with Gasteiger partial charge in [0.2, 0.25) is 0 Å². The molecule has 1 unspecified atom stereocenters. The van der Waals surface area contributed by atoms with E-state index in [1.54, 1.807) is 0 Å². The predicted molar refractivity (Wildman–Crippen MR) is 87.1 cm³/mol. The zero-order valence-corrected chi connectivity index (χ0v) is 12.6. The molecule has 0 aliphatic heterocycles. The molecule has 0 bridgehead atoms. The maximum Gasteiger partial charge on any atom is 0.0916 e. The van der Waals surface area contributed by atoms with E-state index in [0.29, 0.717) is 6.54 Å². The zero-order chi connectivity index (χ0) is 14.7. The van der Waals surface area contributed by atoms with Gasteiger partial charge in [0.05, 0.1) is 6.10 Å². The molecule has 1 aliphatic carbocycles. The summed E-state index contributed by atoms with van der Waals surface area (Å²) in [7, 11) is 2.10. The first-order chi connectivity index (χ1) is 10.2. The molecule has 0 aromatic heterocycles. The minimum Gasteiger partial charge on any atom is -0.387 e. The second-order valence-corrected chi connectivity index (χ2v) is 6.17. The van der Waals surface area contributed by atoms with Crippen molar-refractivity contribution in [3.05, 3.63) is 60.2 Å². The maximum absolute atomic E-state index is 10.3. The first kappa shape index (κ1) is 14.3. The van der Waals surface area contributed by atoms with E-state index >= 15 is 0 Å². The first-order valence-corrected chi connectivity index (χ1v) is 7.74. The monoisotopic (exact) mass is 281 g/mol. The van der Waals surface area contributed by atoms with Gasteiger partial charge in [-0.2, -0.15) is 0 Å². The minimum atomic E-state index is -0.404. The van der Waals surface area contributed by atoms with Crippen molar-refractivity contribution < 1.29 is 5.11 Å². The van der Waals surface area contributed by atoms with Crippen LogP contribution in [0.5, 0.6) is 0 Å². The van der Waals surface area contributed by atoms with Crippen LogP contribution < -0.4 is 0 Å². The van der Waals surface area contributed by atoms with Crippen molar-refractivity contribution >= 4 is 0 Å². The highest BCUT2D eigenvalue weighted by Gasteiger charge is 2.23. The third-order valence-corrected chi connectivity index (χ3v) is 4.15. The van der Waals surface area contributed by atoms with E-state index in [1.807, 2.05) is 30.3 Å². The summed E-state index contributed by atoms with van der Waals surface area (Å²) in [6.45, 7) is 1.82. The number of benzene rings is 2. The normalized spacial score (nSPS) is 16.1. The third kappa shape index (κ3) is 3.93. The molecule has 1 aliphatic rings. The Labute approximate surface area is 127 Å². The zero-order valence-electron chi connectivity index (χ0n) is 12.6. The van der Waals surface area contributed by atoms with Gasteiger partial charge in [0.1, 0.15) is 0 Å². The Morgan fingerprint density at radius 1 is 1.00 bits per heavy atom. The topological polar surface area (TPSA) is 23.5 Å². The molecule has 0 radical (unpaired) electrons. The van der Waals surface area contributed by atoms with Gasteiger partial charge in [0.25, 0.3) is 0 Å². The van der Waals surface area contributed by atoms with E-state index in [-0.39, 0.29) is 0 Å². The molecular formula is C19H23NO. The lowest BCUT2D eigenvalue weighted by Crippen LogP contribution is -2.26. The molecule has 1 atom stereocenters. The molecule has 3 rings (SSSR count). The molecule has 0 heterocycles. The average molecular weight is 281 g/mol. The van der Waals surface area contributed by atoms with Gasteiger partial charge in [-0.1, -0.05) is 54.6 Å². The highest BCUT2D eigenvalue weighted by atomic mass is 16.3. The summed E-state index contributed by atoms with van der Waals surface area (Å²) in [4.78, 5) is 2.24. The van der Waals surface area contributed by atoms with Gasteiger partial charge >= 0.3 is 0 Å². The summed E-state index contributed by atoms with van der Waals surface area (Å²) >= 11 is 0. The fourth-order valence-corrected chi connectivity index (χ4v) is 2.74. The van der Waals surface area contributed by atoms with E-state index in [1.165, 1.54) is 24.0 Å². The van der Waals surface area contributed by atoms with Gasteiger partial charge in [-0.05, 0) is 42.5 Å². The Hall–Kier alpha value is -1.64. The van der Waals surface area contributed by atoms with E-state index in [2.05, 4.69) is 36.2 Å². The number of hydrogen-bond donors (Lipinski definition) is 1. The number of aliphatic hydroxyl groups excluding tert-OH is 1. The fraction of sp³-hybridized carbons (Fsp3) is 0.368. The maximum atomic E-state index is 10.3. The van der Waals surface area contributed by atoms with Crippen molar-refractivity contribution in [1.82, 2.24) is 4.90 Å². The van der Waals surface area contributed by atoms with E-state index < -0.39 is 6.10 Å². The molecule has 21 heavy (non-hydrogen) atoms. The standard InChI is InChI=1S/C19H23NO/c1-20(13-15-7-8-15)14-19(21)18-11-9-17(10-12-18)16-5-3-2-4-6-16/h2-6,9-12,15,19,21H,7-8,13-14H2,1H3. The molecule has 2 heteroatoms. The molecule has 2 aromatic rings. The Morgan fingerprint density at radius 3 is 2.24 bits per heavy atom. The molecule has 0 saturated heterocycles. The molecule has 0 amide bonds. The van der Waals surface area contributed by atoms with E-state index in [4.69, 9.17) is 0 Å². The van der Waals surface area contributed by atoms with Crippen molar-refractivity contribution in [2.75, 3.05) is 20.1 Å². The van der Waals surface area contributed by atoms with Crippen molar-refractivity contribution in [2.24, 2.45) is 5.92 Å². The smallest absolute Gasteiger partial charge is 0.0916 e. The number of hydrogen-bond acceptors (Lipinski definition) is 2. The number of rotatable bonds is 6. The summed E-state index contributed by atoms with van der Waals surface area (Å²) in [5, 5.41) is 10.3. The van der Waals surface area contributed by atoms with Crippen LogP contribution in [0.15, 0.2) is 54.6 Å². The van der Waals surface area contributed by atoms with Crippen molar-refractivity contribution in [3.63, 3.8) is 0 Å². The van der Waals surface area contributed by atoms with Crippen LogP contribution in [0.4, 0.5) is 0 Å². The molecule has 1 N–H and O–H groups in total. The van der Waals surface area contributed by atoms with Crippen molar-refractivity contribution in [1.29, 1.82) is 0 Å². The SMILES string of the molecule is CN(CC1CC1)CC(O)c1ccc(-c2ccccc2)cc1. The van der Waals surface area contributed by atoms with Crippen LogP contribution in [-0.4, -0.2) is 30.1 Å². The van der Waals surface area contributed by atoms with Gasteiger partial charge in [0, 0.05) is 13.1 Å². The second-order valence-electron chi connectivity index (χ2n) is 6.17. The highest BCUT2D eigenvalue weighted by molar-refractivity contribution is 5.63. The summed E-state index contributed by atoms with van der Waals surface area (Å²) < 4.78 is 0. The van der Waals surface area contributed by atoms with Crippen LogP contribution in [0.1, 0.15) is 24.5 Å². The summed E-state index contributed by atoms with van der Waals surface area (Å²) in [5.74, 6) is 0.864. The van der Waals surface area contributed by atoms with E-state index in [9.17, 15) is 5.11 Å². The lowest BCUT2D eigenvalue weighted by atomic mass is 10.0.